The number of benzene rings is 2. The van der Waals surface area contributed by atoms with Crippen LogP contribution in [0.2, 0.25) is 0 Å². The van der Waals surface area contributed by atoms with Crippen LogP contribution in [0.1, 0.15) is 15.9 Å². The van der Waals surface area contributed by atoms with Crippen molar-refractivity contribution in [3.8, 4) is 11.1 Å². The normalized spacial score (nSPS) is 16.4. The van der Waals surface area contributed by atoms with Gasteiger partial charge in [-0.3, -0.25) is 9.69 Å². The van der Waals surface area contributed by atoms with Crippen LogP contribution in [-0.4, -0.2) is 55.4 Å². The van der Waals surface area contributed by atoms with Crippen molar-refractivity contribution in [1.29, 1.82) is 0 Å². The van der Waals surface area contributed by atoms with Gasteiger partial charge in [0.2, 0.25) is 0 Å². The van der Waals surface area contributed by atoms with E-state index in [0.29, 0.717) is 6.54 Å². The fourth-order valence-corrected chi connectivity index (χ4v) is 2.92. The highest BCUT2D eigenvalue weighted by atomic mass is 16.1. The minimum atomic E-state index is 0.212. The highest BCUT2D eigenvalue weighted by Crippen LogP contribution is 2.21. The van der Waals surface area contributed by atoms with Crippen molar-refractivity contribution in [2.75, 3.05) is 39.8 Å². The Hall–Kier alpha value is -1.97. The number of hydrogen-bond donors (Lipinski definition) is 0. The first-order valence-corrected chi connectivity index (χ1v) is 8.23. The second kappa shape index (κ2) is 7.07. The summed E-state index contributed by atoms with van der Waals surface area (Å²) in [6.07, 6.45) is 0. The smallest absolute Gasteiger partial charge is 0.176 e. The van der Waals surface area contributed by atoms with Gasteiger partial charge in [0.15, 0.2) is 5.78 Å². The number of piperazine rings is 1. The molecule has 23 heavy (non-hydrogen) atoms. The fourth-order valence-electron chi connectivity index (χ4n) is 2.92. The van der Waals surface area contributed by atoms with Gasteiger partial charge in [-0.05, 0) is 31.2 Å². The summed E-state index contributed by atoms with van der Waals surface area (Å²) in [5, 5.41) is 0. The van der Waals surface area contributed by atoms with E-state index in [0.717, 1.165) is 42.9 Å². The van der Waals surface area contributed by atoms with Crippen molar-refractivity contribution in [3.05, 3.63) is 59.7 Å². The zero-order chi connectivity index (χ0) is 16.2. The van der Waals surface area contributed by atoms with E-state index >= 15 is 0 Å². The summed E-state index contributed by atoms with van der Waals surface area (Å²) in [5.74, 6) is 0.212. The molecule has 0 saturated carbocycles. The third kappa shape index (κ3) is 4.06. The first kappa shape index (κ1) is 15.9. The molecule has 0 unspecified atom stereocenters. The summed E-state index contributed by atoms with van der Waals surface area (Å²) in [7, 11) is 2.13. The fraction of sp³-hybridized carbons (Fsp3) is 0.350. The van der Waals surface area contributed by atoms with E-state index in [1.54, 1.807) is 0 Å². The van der Waals surface area contributed by atoms with E-state index in [1.165, 1.54) is 5.56 Å². The largest absolute Gasteiger partial charge is 0.304 e. The number of carbonyl (C=O) groups excluding carboxylic acids is 1. The highest BCUT2D eigenvalue weighted by molar-refractivity contribution is 5.98. The van der Waals surface area contributed by atoms with Gasteiger partial charge in [0, 0.05) is 31.7 Å². The first-order valence-electron chi connectivity index (χ1n) is 8.23. The maximum Gasteiger partial charge on any atom is 0.176 e. The van der Waals surface area contributed by atoms with Crippen molar-refractivity contribution in [1.82, 2.24) is 9.80 Å². The van der Waals surface area contributed by atoms with Gasteiger partial charge >= 0.3 is 0 Å². The lowest BCUT2D eigenvalue weighted by Gasteiger charge is -2.31. The molecular weight excluding hydrogens is 284 g/mol. The van der Waals surface area contributed by atoms with Gasteiger partial charge in [-0.15, -0.1) is 0 Å². The lowest BCUT2D eigenvalue weighted by molar-refractivity contribution is 0.0876. The molecule has 3 nitrogen and oxygen atoms in total. The molecule has 2 aromatic rings. The Kier molecular flexibility index (Phi) is 4.89. The van der Waals surface area contributed by atoms with E-state index < -0.39 is 0 Å². The number of nitrogens with zero attached hydrogens (tertiary/aromatic N) is 2. The average Bonchev–Trinajstić information content (AvgIpc) is 2.58. The topological polar surface area (TPSA) is 23.6 Å². The van der Waals surface area contributed by atoms with Crippen molar-refractivity contribution >= 4 is 5.78 Å². The van der Waals surface area contributed by atoms with E-state index in [-0.39, 0.29) is 5.78 Å². The van der Waals surface area contributed by atoms with E-state index in [9.17, 15) is 4.79 Å². The molecule has 0 N–H and O–H groups in total. The third-order valence-electron chi connectivity index (χ3n) is 4.53. The minimum Gasteiger partial charge on any atom is -0.304 e. The van der Waals surface area contributed by atoms with Gasteiger partial charge in [-0.2, -0.15) is 0 Å². The van der Waals surface area contributed by atoms with Gasteiger partial charge < -0.3 is 4.90 Å². The molecule has 120 valence electrons. The molecule has 0 atom stereocenters. The molecule has 0 aromatic heterocycles. The SMILES string of the molecule is Cc1ccc(-c2cccc(C(=O)CN3CCN(C)CC3)c2)cc1. The molecule has 0 bridgehead atoms. The average molecular weight is 308 g/mol. The molecular formula is C20H24N2O. The summed E-state index contributed by atoms with van der Waals surface area (Å²) >= 11 is 0. The summed E-state index contributed by atoms with van der Waals surface area (Å²) in [4.78, 5) is 17.1. The van der Waals surface area contributed by atoms with Crippen LogP contribution in [-0.2, 0) is 0 Å². The Balaban J connectivity index is 1.71. The summed E-state index contributed by atoms with van der Waals surface area (Å²) in [5.41, 5.74) is 4.32. The molecule has 0 radical (unpaired) electrons. The van der Waals surface area contributed by atoms with Crippen LogP contribution >= 0.6 is 0 Å². The number of aryl methyl sites for hydroxylation is 1. The van der Waals surface area contributed by atoms with Crippen molar-refractivity contribution in [2.45, 2.75) is 6.92 Å². The number of rotatable bonds is 4. The Bertz CT molecular complexity index is 670. The summed E-state index contributed by atoms with van der Waals surface area (Å²) in [6.45, 7) is 6.62. The maximum absolute atomic E-state index is 12.6. The van der Waals surface area contributed by atoms with E-state index in [2.05, 4.69) is 54.1 Å². The van der Waals surface area contributed by atoms with Crippen LogP contribution in [0.25, 0.3) is 11.1 Å². The second-order valence-electron chi connectivity index (χ2n) is 6.45. The monoisotopic (exact) mass is 308 g/mol. The number of hydrogen-bond acceptors (Lipinski definition) is 3. The standard InChI is InChI=1S/C20H24N2O/c1-16-6-8-17(9-7-16)18-4-3-5-19(14-18)20(23)15-22-12-10-21(2)11-13-22/h3-9,14H,10-13,15H2,1-2H3. The van der Waals surface area contributed by atoms with Crippen molar-refractivity contribution < 1.29 is 4.79 Å². The maximum atomic E-state index is 12.6. The van der Waals surface area contributed by atoms with Gasteiger partial charge in [0.25, 0.3) is 0 Å². The molecule has 1 aliphatic heterocycles. The van der Waals surface area contributed by atoms with Crippen molar-refractivity contribution in [2.24, 2.45) is 0 Å². The molecule has 1 saturated heterocycles. The number of ketones is 1. The second-order valence-corrected chi connectivity index (χ2v) is 6.45. The molecule has 3 rings (SSSR count). The van der Waals surface area contributed by atoms with Gasteiger partial charge in [0.05, 0.1) is 6.54 Å². The zero-order valence-corrected chi connectivity index (χ0v) is 14.0. The molecule has 1 heterocycles. The quantitative estimate of drug-likeness (QED) is 0.811. The number of carbonyl (C=O) groups is 1. The molecule has 1 fully saturated rings. The van der Waals surface area contributed by atoms with Gasteiger partial charge in [0.1, 0.15) is 0 Å². The predicted octanol–water partition coefficient (Wildman–Crippen LogP) is 3.09. The molecule has 3 heteroatoms. The van der Waals surface area contributed by atoms with Crippen LogP contribution in [0.15, 0.2) is 48.5 Å². The Morgan fingerprint density at radius 3 is 2.35 bits per heavy atom. The van der Waals surface area contributed by atoms with Crippen LogP contribution in [0.4, 0.5) is 0 Å². The van der Waals surface area contributed by atoms with Crippen LogP contribution < -0.4 is 0 Å². The van der Waals surface area contributed by atoms with E-state index in [4.69, 9.17) is 0 Å². The lowest BCUT2D eigenvalue weighted by Crippen LogP contribution is -2.46. The summed E-state index contributed by atoms with van der Waals surface area (Å²) < 4.78 is 0. The number of likely N-dealkylation sites (N-methyl/N-ethyl adjacent to an activating group) is 1. The third-order valence-corrected chi connectivity index (χ3v) is 4.53. The Morgan fingerprint density at radius 1 is 0.957 bits per heavy atom. The van der Waals surface area contributed by atoms with Crippen LogP contribution in [0.5, 0.6) is 0 Å². The summed E-state index contributed by atoms with van der Waals surface area (Å²) in [6, 6.07) is 16.4. The molecule has 2 aromatic carbocycles. The molecule has 0 aliphatic carbocycles. The van der Waals surface area contributed by atoms with Gasteiger partial charge in [-0.1, -0.05) is 48.0 Å². The minimum absolute atomic E-state index is 0.212. The predicted molar refractivity (Wildman–Crippen MR) is 94.9 cm³/mol. The molecule has 0 spiro atoms. The number of Topliss-reactive ketones (excluding diaryl/α,β-unsaturated/α-hetero) is 1. The van der Waals surface area contributed by atoms with Crippen LogP contribution in [0, 0.1) is 6.92 Å². The van der Waals surface area contributed by atoms with E-state index in [1.807, 2.05) is 18.2 Å². The first-order chi connectivity index (χ1) is 11.1. The van der Waals surface area contributed by atoms with Gasteiger partial charge in [-0.25, -0.2) is 0 Å². The molecule has 0 amide bonds. The molecule has 1 aliphatic rings. The Labute approximate surface area is 138 Å². The Morgan fingerprint density at radius 2 is 1.65 bits per heavy atom. The zero-order valence-electron chi connectivity index (χ0n) is 14.0. The lowest BCUT2D eigenvalue weighted by atomic mass is 10.0. The highest BCUT2D eigenvalue weighted by Gasteiger charge is 2.17. The van der Waals surface area contributed by atoms with Crippen molar-refractivity contribution in [3.63, 3.8) is 0 Å². The van der Waals surface area contributed by atoms with Crippen LogP contribution in [0.3, 0.4) is 0 Å².